The van der Waals surface area contributed by atoms with Crippen LogP contribution in [0.3, 0.4) is 0 Å². The van der Waals surface area contributed by atoms with Crippen molar-refractivity contribution in [3.63, 3.8) is 0 Å². The Kier molecular flexibility index (Phi) is 4.51. The monoisotopic (exact) mass is 290 g/mol. The van der Waals surface area contributed by atoms with Crippen LogP contribution >= 0.6 is 0 Å². The van der Waals surface area contributed by atoms with E-state index in [-0.39, 0.29) is 6.10 Å². The summed E-state index contributed by atoms with van der Waals surface area (Å²) >= 11 is 0. The first-order valence-corrected chi connectivity index (χ1v) is 8.21. The van der Waals surface area contributed by atoms with E-state index in [2.05, 4.69) is 13.0 Å². The van der Waals surface area contributed by atoms with Gasteiger partial charge in [-0.25, -0.2) is 0 Å². The normalized spacial score (nSPS) is 32.0. The van der Waals surface area contributed by atoms with Gasteiger partial charge in [-0.2, -0.15) is 0 Å². The number of hydrogen-bond donors (Lipinski definition) is 1. The molecule has 1 N–H and O–H groups in total. The molecule has 1 saturated carbocycles. The largest absolute Gasteiger partial charge is 0.497 e. The van der Waals surface area contributed by atoms with E-state index in [0.717, 1.165) is 36.5 Å². The Morgan fingerprint density at radius 3 is 2.90 bits per heavy atom. The van der Waals surface area contributed by atoms with Crippen molar-refractivity contribution in [2.75, 3.05) is 7.11 Å². The van der Waals surface area contributed by atoms with Crippen LogP contribution in [0.1, 0.15) is 56.3 Å². The molecule has 21 heavy (non-hydrogen) atoms. The molecule has 0 radical (unpaired) electrons. The van der Waals surface area contributed by atoms with Gasteiger partial charge >= 0.3 is 0 Å². The van der Waals surface area contributed by atoms with Gasteiger partial charge < -0.3 is 14.6 Å². The summed E-state index contributed by atoms with van der Waals surface area (Å²) in [5.41, 5.74) is 2.17. The van der Waals surface area contributed by atoms with Gasteiger partial charge in [0.25, 0.3) is 0 Å². The highest BCUT2D eigenvalue weighted by Gasteiger charge is 2.34. The van der Waals surface area contributed by atoms with Crippen molar-refractivity contribution in [3.05, 3.63) is 29.3 Å². The van der Waals surface area contributed by atoms with Crippen molar-refractivity contribution in [1.82, 2.24) is 0 Å². The number of rotatable bonds is 4. The molecule has 0 spiro atoms. The summed E-state index contributed by atoms with van der Waals surface area (Å²) in [4.78, 5) is 0. The molecule has 0 heterocycles. The van der Waals surface area contributed by atoms with Crippen molar-refractivity contribution >= 4 is 0 Å². The lowest BCUT2D eigenvalue weighted by Crippen LogP contribution is -2.29. The maximum Gasteiger partial charge on any atom is 0.119 e. The van der Waals surface area contributed by atoms with E-state index in [0.29, 0.717) is 6.10 Å². The fourth-order valence-electron chi connectivity index (χ4n) is 3.80. The van der Waals surface area contributed by atoms with Crippen LogP contribution in [0.15, 0.2) is 18.2 Å². The summed E-state index contributed by atoms with van der Waals surface area (Å²) in [5.74, 6) is 1.60. The van der Waals surface area contributed by atoms with Gasteiger partial charge in [0.05, 0.1) is 19.3 Å². The second-order valence-corrected chi connectivity index (χ2v) is 6.45. The van der Waals surface area contributed by atoms with Crippen LogP contribution in [0.5, 0.6) is 5.75 Å². The minimum atomic E-state index is -0.517. The van der Waals surface area contributed by atoms with Crippen LogP contribution in [0.25, 0.3) is 0 Å². The van der Waals surface area contributed by atoms with Gasteiger partial charge in [0.2, 0.25) is 0 Å². The zero-order chi connectivity index (χ0) is 14.8. The van der Waals surface area contributed by atoms with E-state index < -0.39 is 6.10 Å². The van der Waals surface area contributed by atoms with Crippen molar-refractivity contribution in [1.29, 1.82) is 0 Å². The average molecular weight is 290 g/mol. The van der Waals surface area contributed by atoms with Crippen molar-refractivity contribution in [2.45, 2.75) is 63.8 Å². The highest BCUT2D eigenvalue weighted by molar-refractivity contribution is 5.41. The number of methoxy groups -OCH3 is 1. The third-order valence-electron chi connectivity index (χ3n) is 5.12. The minimum absolute atomic E-state index is 0.0901. The molecule has 1 aromatic rings. The van der Waals surface area contributed by atoms with E-state index in [1.165, 1.54) is 24.8 Å². The molecule has 4 unspecified atom stereocenters. The van der Waals surface area contributed by atoms with Crippen molar-refractivity contribution in [2.24, 2.45) is 5.92 Å². The Balaban J connectivity index is 1.65. The Hall–Kier alpha value is -1.06. The van der Waals surface area contributed by atoms with Crippen LogP contribution < -0.4 is 4.74 Å². The van der Waals surface area contributed by atoms with Crippen LogP contribution in [-0.4, -0.2) is 24.4 Å². The lowest BCUT2D eigenvalue weighted by Gasteiger charge is -2.31. The highest BCUT2D eigenvalue weighted by Crippen LogP contribution is 2.38. The zero-order valence-corrected chi connectivity index (χ0v) is 13.0. The van der Waals surface area contributed by atoms with Gasteiger partial charge in [0, 0.05) is 6.42 Å². The Morgan fingerprint density at radius 2 is 2.14 bits per heavy atom. The molecule has 4 atom stereocenters. The molecule has 0 aliphatic heterocycles. The summed E-state index contributed by atoms with van der Waals surface area (Å²) in [7, 11) is 1.66. The fourth-order valence-corrected chi connectivity index (χ4v) is 3.80. The molecular weight excluding hydrogens is 264 g/mol. The first-order valence-electron chi connectivity index (χ1n) is 8.21. The molecule has 1 aromatic carbocycles. The summed E-state index contributed by atoms with van der Waals surface area (Å²) in [6, 6.07) is 5.96. The van der Waals surface area contributed by atoms with Crippen molar-refractivity contribution < 1.29 is 14.6 Å². The number of ether oxygens (including phenoxy) is 2. The maximum atomic E-state index is 10.5. The molecule has 0 saturated heterocycles. The number of aliphatic hydroxyl groups is 1. The molecule has 3 nitrogen and oxygen atoms in total. The number of aliphatic hydroxyl groups excluding tert-OH is 1. The molecule has 2 aliphatic rings. The average Bonchev–Trinajstić information content (AvgIpc) is 2.83. The van der Waals surface area contributed by atoms with E-state index in [9.17, 15) is 5.11 Å². The molecule has 1 fully saturated rings. The maximum absolute atomic E-state index is 10.5. The van der Waals surface area contributed by atoms with Crippen LogP contribution in [-0.2, 0) is 11.2 Å². The summed E-state index contributed by atoms with van der Waals surface area (Å²) in [5, 5.41) is 10.5. The van der Waals surface area contributed by atoms with Crippen LogP contribution in [0, 0.1) is 5.92 Å². The van der Waals surface area contributed by atoms with Gasteiger partial charge in [-0.3, -0.25) is 0 Å². The van der Waals surface area contributed by atoms with E-state index in [1.54, 1.807) is 7.11 Å². The first kappa shape index (κ1) is 14.9. The van der Waals surface area contributed by atoms with Crippen molar-refractivity contribution in [3.8, 4) is 5.75 Å². The number of benzene rings is 1. The SMILES string of the molecule is CCC1CCCC(OC2Cc3ccc(OC)cc3C2O)C1. The lowest BCUT2D eigenvalue weighted by molar-refractivity contribution is -0.0867. The Bertz CT molecular complexity index is 485. The summed E-state index contributed by atoms with van der Waals surface area (Å²) in [6.07, 6.45) is 6.65. The molecule has 0 bridgehead atoms. The van der Waals surface area contributed by atoms with Gasteiger partial charge in [-0.05, 0) is 42.0 Å². The topological polar surface area (TPSA) is 38.7 Å². The first-order chi connectivity index (χ1) is 10.2. The van der Waals surface area contributed by atoms with E-state index in [1.807, 2.05) is 12.1 Å². The van der Waals surface area contributed by atoms with Gasteiger partial charge in [-0.1, -0.05) is 32.3 Å². The summed E-state index contributed by atoms with van der Waals surface area (Å²) < 4.78 is 11.5. The molecule has 3 heteroatoms. The Labute approximate surface area is 127 Å². The predicted molar refractivity (Wildman–Crippen MR) is 82.6 cm³/mol. The van der Waals surface area contributed by atoms with Gasteiger partial charge in [-0.15, -0.1) is 0 Å². The Morgan fingerprint density at radius 1 is 1.29 bits per heavy atom. The van der Waals surface area contributed by atoms with E-state index >= 15 is 0 Å². The van der Waals surface area contributed by atoms with Crippen LogP contribution in [0.2, 0.25) is 0 Å². The third kappa shape index (κ3) is 3.09. The molecule has 3 rings (SSSR count). The molecule has 0 aromatic heterocycles. The quantitative estimate of drug-likeness (QED) is 0.920. The molecular formula is C18H26O3. The van der Waals surface area contributed by atoms with Gasteiger partial charge in [0.15, 0.2) is 0 Å². The molecule has 2 aliphatic carbocycles. The standard InChI is InChI=1S/C18H26O3/c1-3-12-5-4-6-15(9-12)21-17-10-13-7-8-14(20-2)11-16(13)18(17)19/h7-8,11-12,15,17-19H,3-6,9-10H2,1-2H3. The molecule has 116 valence electrons. The highest BCUT2D eigenvalue weighted by atomic mass is 16.5. The second kappa shape index (κ2) is 6.37. The van der Waals surface area contributed by atoms with Crippen LogP contribution in [0.4, 0.5) is 0 Å². The zero-order valence-electron chi connectivity index (χ0n) is 13.0. The van der Waals surface area contributed by atoms with E-state index in [4.69, 9.17) is 9.47 Å². The number of fused-ring (bicyclic) bond motifs is 1. The predicted octanol–water partition coefficient (Wildman–Crippen LogP) is 3.64. The fraction of sp³-hybridized carbons (Fsp3) is 0.667. The summed E-state index contributed by atoms with van der Waals surface area (Å²) in [6.45, 7) is 2.26. The van der Waals surface area contributed by atoms with Gasteiger partial charge in [0.1, 0.15) is 11.9 Å². The third-order valence-corrected chi connectivity index (χ3v) is 5.12. The lowest BCUT2D eigenvalue weighted by atomic mass is 9.85. The smallest absolute Gasteiger partial charge is 0.119 e. The molecule has 0 amide bonds. The second-order valence-electron chi connectivity index (χ2n) is 6.45. The number of hydrogen-bond acceptors (Lipinski definition) is 3. The minimum Gasteiger partial charge on any atom is -0.497 e.